The Morgan fingerprint density at radius 1 is 1.29 bits per heavy atom. The van der Waals surface area contributed by atoms with E-state index in [1.165, 1.54) is 0 Å². The molecule has 0 fully saturated rings. The Bertz CT molecular complexity index is 569. The molecule has 0 saturated carbocycles. The van der Waals surface area contributed by atoms with Crippen molar-refractivity contribution in [3.63, 3.8) is 0 Å². The average molecular weight is 376 g/mol. The third-order valence-corrected chi connectivity index (χ3v) is 3.40. The van der Waals surface area contributed by atoms with E-state index in [1.807, 2.05) is 27.7 Å². The lowest BCUT2D eigenvalue weighted by atomic mass is 9.92. The van der Waals surface area contributed by atoms with Gasteiger partial charge in [0.25, 0.3) is 5.91 Å². The van der Waals surface area contributed by atoms with Gasteiger partial charge in [-0.05, 0) is 37.0 Å². The molecule has 1 aromatic rings. The number of carbonyl (C=O) groups is 2. The van der Waals surface area contributed by atoms with Gasteiger partial charge in [0.2, 0.25) is 5.91 Å². The second-order valence-corrected chi connectivity index (χ2v) is 7.41. The minimum absolute atomic E-state index is 0. The van der Waals surface area contributed by atoms with E-state index in [0.717, 1.165) is 0 Å². The van der Waals surface area contributed by atoms with Gasteiger partial charge in [-0.3, -0.25) is 9.59 Å². The first-order valence-electron chi connectivity index (χ1n) is 7.71. The molecule has 0 aromatic heterocycles. The van der Waals surface area contributed by atoms with Crippen molar-refractivity contribution in [1.82, 2.24) is 5.32 Å². The molecule has 0 radical (unpaired) electrons. The lowest BCUT2D eigenvalue weighted by molar-refractivity contribution is -0.117. The molecule has 4 N–H and O–H groups in total. The zero-order valence-corrected chi connectivity index (χ0v) is 16.2. The highest BCUT2D eigenvalue weighted by Crippen LogP contribution is 2.23. The molecule has 0 heterocycles. The molecule has 0 aliphatic heterocycles. The van der Waals surface area contributed by atoms with E-state index in [-0.39, 0.29) is 35.7 Å². The number of halogens is 2. The van der Waals surface area contributed by atoms with Crippen LogP contribution in [-0.4, -0.2) is 24.4 Å². The molecule has 0 aliphatic rings. The second kappa shape index (κ2) is 9.87. The van der Waals surface area contributed by atoms with Crippen LogP contribution in [0.2, 0.25) is 5.02 Å². The number of rotatable bonds is 6. The Morgan fingerprint density at radius 3 is 2.46 bits per heavy atom. The van der Waals surface area contributed by atoms with Crippen molar-refractivity contribution in [3.8, 4) is 0 Å². The molecule has 7 heteroatoms. The summed E-state index contributed by atoms with van der Waals surface area (Å²) in [6.07, 6.45) is 1.08. The smallest absolute Gasteiger partial charge is 0.252 e. The molecule has 136 valence electrons. The predicted molar refractivity (Wildman–Crippen MR) is 102 cm³/mol. The number of nitrogens with two attached hydrogens (primary N) is 1. The normalized spacial score (nSPS) is 12.1. The lowest BCUT2D eigenvalue weighted by Crippen LogP contribution is -2.29. The van der Waals surface area contributed by atoms with E-state index >= 15 is 0 Å². The molecule has 1 aromatic carbocycles. The molecule has 0 saturated heterocycles. The van der Waals surface area contributed by atoms with Gasteiger partial charge in [0.05, 0.1) is 10.6 Å². The highest BCUT2D eigenvalue weighted by molar-refractivity contribution is 6.34. The number of hydrogen-bond acceptors (Lipinski definition) is 3. The fraction of sp³-hybridized carbons (Fsp3) is 0.529. The van der Waals surface area contributed by atoms with Crippen LogP contribution in [0.1, 0.15) is 50.9 Å². The van der Waals surface area contributed by atoms with Crippen LogP contribution in [0.15, 0.2) is 18.2 Å². The summed E-state index contributed by atoms with van der Waals surface area (Å²) in [5.41, 5.74) is 6.44. The van der Waals surface area contributed by atoms with E-state index in [1.54, 1.807) is 18.2 Å². The number of hydrogen-bond donors (Lipinski definition) is 3. The van der Waals surface area contributed by atoms with Gasteiger partial charge in [-0.1, -0.05) is 32.4 Å². The maximum absolute atomic E-state index is 12.2. The van der Waals surface area contributed by atoms with Crippen molar-refractivity contribution in [2.75, 3.05) is 11.9 Å². The van der Waals surface area contributed by atoms with Crippen LogP contribution in [0.4, 0.5) is 5.69 Å². The van der Waals surface area contributed by atoms with Crippen LogP contribution in [0.3, 0.4) is 0 Å². The molecule has 1 rings (SSSR count). The zero-order chi connectivity index (χ0) is 17.6. The first-order valence-corrected chi connectivity index (χ1v) is 8.09. The molecule has 0 aliphatic carbocycles. The number of anilines is 1. The van der Waals surface area contributed by atoms with Crippen molar-refractivity contribution >= 4 is 41.5 Å². The second-order valence-electron chi connectivity index (χ2n) is 7.00. The van der Waals surface area contributed by atoms with Crippen LogP contribution in [0, 0.1) is 5.41 Å². The summed E-state index contributed by atoms with van der Waals surface area (Å²) in [6.45, 7) is 8.33. The monoisotopic (exact) mass is 375 g/mol. The lowest BCUT2D eigenvalue weighted by Gasteiger charge is -2.17. The molecule has 2 amide bonds. The summed E-state index contributed by atoms with van der Waals surface area (Å²) >= 11 is 6.08. The van der Waals surface area contributed by atoms with Crippen LogP contribution in [0.5, 0.6) is 0 Å². The summed E-state index contributed by atoms with van der Waals surface area (Å²) in [6, 6.07) is 4.90. The first-order chi connectivity index (χ1) is 10.6. The van der Waals surface area contributed by atoms with Gasteiger partial charge in [0.1, 0.15) is 0 Å². The number of benzene rings is 1. The minimum atomic E-state index is -0.275. The average Bonchev–Trinajstić information content (AvgIpc) is 2.38. The molecular formula is C17H27Cl2N3O2. The highest BCUT2D eigenvalue weighted by Gasteiger charge is 2.17. The fourth-order valence-corrected chi connectivity index (χ4v) is 2.18. The van der Waals surface area contributed by atoms with Gasteiger partial charge in [0.15, 0.2) is 0 Å². The van der Waals surface area contributed by atoms with E-state index < -0.39 is 0 Å². The Kier molecular flexibility index (Phi) is 9.33. The third-order valence-electron chi connectivity index (χ3n) is 3.07. The molecule has 24 heavy (non-hydrogen) atoms. The topological polar surface area (TPSA) is 84.2 Å². The van der Waals surface area contributed by atoms with E-state index in [2.05, 4.69) is 10.6 Å². The largest absolute Gasteiger partial charge is 0.352 e. The number of amides is 2. The van der Waals surface area contributed by atoms with Crippen LogP contribution >= 0.6 is 24.0 Å². The molecule has 0 bridgehead atoms. The number of nitrogens with one attached hydrogen (secondary N) is 2. The maximum atomic E-state index is 12.2. The minimum Gasteiger partial charge on any atom is -0.352 e. The SMILES string of the molecule is CC(N)CCNC(=O)c1cc(NC(=O)CC(C)(C)C)ccc1Cl.Cl. The van der Waals surface area contributed by atoms with Gasteiger partial charge < -0.3 is 16.4 Å². The van der Waals surface area contributed by atoms with Gasteiger partial charge in [-0.25, -0.2) is 0 Å². The Labute approximate surface area is 155 Å². The standard InChI is InChI=1S/C17H26ClN3O2.ClH/c1-11(19)7-8-20-16(23)13-9-12(5-6-14(13)18)21-15(22)10-17(2,3)4;/h5-6,9,11H,7-8,10,19H2,1-4H3,(H,20,23)(H,21,22);1H. The van der Waals surface area contributed by atoms with Crippen molar-refractivity contribution in [2.45, 2.75) is 46.6 Å². The number of carbonyl (C=O) groups excluding carboxylic acids is 2. The summed E-state index contributed by atoms with van der Waals surface area (Å²) in [4.78, 5) is 24.1. The zero-order valence-electron chi connectivity index (χ0n) is 14.6. The van der Waals surface area contributed by atoms with Crippen molar-refractivity contribution < 1.29 is 9.59 Å². The van der Waals surface area contributed by atoms with Crippen LogP contribution in [-0.2, 0) is 4.79 Å². The van der Waals surface area contributed by atoms with E-state index in [9.17, 15) is 9.59 Å². The Hall–Kier alpha value is -1.30. The van der Waals surface area contributed by atoms with E-state index in [0.29, 0.717) is 35.7 Å². The molecule has 0 spiro atoms. The fourth-order valence-electron chi connectivity index (χ4n) is 1.97. The predicted octanol–water partition coefficient (Wildman–Crippen LogP) is 3.60. The van der Waals surface area contributed by atoms with Crippen LogP contribution in [0.25, 0.3) is 0 Å². The molecule has 1 atom stereocenters. The van der Waals surface area contributed by atoms with Gasteiger partial charge in [0, 0.05) is 24.7 Å². The Morgan fingerprint density at radius 2 is 1.92 bits per heavy atom. The summed E-state index contributed by atoms with van der Waals surface area (Å²) in [5, 5.41) is 5.92. The highest BCUT2D eigenvalue weighted by atomic mass is 35.5. The Balaban J connectivity index is 0.00000529. The van der Waals surface area contributed by atoms with Gasteiger partial charge in [-0.15, -0.1) is 12.4 Å². The molecule has 1 unspecified atom stereocenters. The quantitative estimate of drug-likeness (QED) is 0.709. The molecular weight excluding hydrogens is 349 g/mol. The molecule has 5 nitrogen and oxygen atoms in total. The van der Waals surface area contributed by atoms with Gasteiger partial charge >= 0.3 is 0 Å². The van der Waals surface area contributed by atoms with E-state index in [4.69, 9.17) is 17.3 Å². The van der Waals surface area contributed by atoms with Crippen molar-refractivity contribution in [2.24, 2.45) is 11.1 Å². The van der Waals surface area contributed by atoms with Crippen molar-refractivity contribution in [1.29, 1.82) is 0 Å². The van der Waals surface area contributed by atoms with Crippen molar-refractivity contribution in [3.05, 3.63) is 28.8 Å². The van der Waals surface area contributed by atoms with Gasteiger partial charge in [-0.2, -0.15) is 0 Å². The summed E-state index contributed by atoms with van der Waals surface area (Å²) in [7, 11) is 0. The first kappa shape index (κ1) is 22.7. The van der Waals surface area contributed by atoms with Crippen LogP contribution < -0.4 is 16.4 Å². The third kappa shape index (κ3) is 8.52. The summed E-state index contributed by atoms with van der Waals surface area (Å²) in [5.74, 6) is -0.370. The maximum Gasteiger partial charge on any atom is 0.252 e. The summed E-state index contributed by atoms with van der Waals surface area (Å²) < 4.78 is 0.